The molecule has 0 radical (unpaired) electrons. The van der Waals surface area contributed by atoms with E-state index in [2.05, 4.69) is 172 Å². The molecule has 208 valence electrons. The van der Waals surface area contributed by atoms with E-state index in [1.54, 1.807) is 0 Å². The Hall–Kier alpha value is -4.88. The van der Waals surface area contributed by atoms with E-state index in [0.717, 1.165) is 17.1 Å². The highest BCUT2D eigenvalue weighted by Gasteiger charge is 2.41. The summed E-state index contributed by atoms with van der Waals surface area (Å²) in [6, 6.07) is 51.2. The summed E-state index contributed by atoms with van der Waals surface area (Å²) in [7, 11) is 0. The van der Waals surface area contributed by atoms with Gasteiger partial charge in [-0.3, -0.25) is 0 Å². The lowest BCUT2D eigenvalue weighted by atomic mass is 9.79. The molecule has 0 saturated carbocycles. The van der Waals surface area contributed by atoms with Crippen molar-refractivity contribution < 1.29 is 0 Å². The molecule has 0 aliphatic heterocycles. The molecule has 2 aliphatic carbocycles. The molecule has 0 unspecified atom stereocenters. The van der Waals surface area contributed by atoms with Gasteiger partial charge in [0.2, 0.25) is 0 Å². The largest absolute Gasteiger partial charge is 0.311 e. The molecule has 0 spiro atoms. The van der Waals surface area contributed by atoms with Gasteiger partial charge in [-0.15, -0.1) is 0 Å². The van der Waals surface area contributed by atoms with Crippen LogP contribution in [0.4, 0.5) is 17.1 Å². The first kappa shape index (κ1) is 25.8. The standard InChI is InChI=1S/C42H35N/c1-41(2)37-18-12-11-17-33(37)35-26-40-36(27-39(35)41)34-24-21-29(25-38(34)42(40,3)4)28-19-22-32(23-20-28)43(30-13-7-5-8-14-30)31-15-9-6-10-16-31/h5-27H,1-4H3. The Balaban J connectivity index is 1.18. The van der Waals surface area contributed by atoms with E-state index in [1.807, 2.05) is 0 Å². The van der Waals surface area contributed by atoms with E-state index < -0.39 is 0 Å². The number of nitrogens with zero attached hydrogens (tertiary/aromatic N) is 1. The molecule has 0 saturated heterocycles. The highest BCUT2D eigenvalue weighted by molar-refractivity contribution is 5.90. The molecule has 0 amide bonds. The Morgan fingerprint density at radius 3 is 1.40 bits per heavy atom. The van der Waals surface area contributed by atoms with Crippen molar-refractivity contribution in [3.8, 4) is 33.4 Å². The van der Waals surface area contributed by atoms with Gasteiger partial charge < -0.3 is 4.90 Å². The van der Waals surface area contributed by atoms with E-state index in [-0.39, 0.29) is 10.8 Å². The number of benzene rings is 6. The maximum atomic E-state index is 2.49. The zero-order valence-electron chi connectivity index (χ0n) is 25.2. The van der Waals surface area contributed by atoms with Crippen molar-refractivity contribution in [3.05, 3.63) is 162 Å². The van der Waals surface area contributed by atoms with E-state index in [9.17, 15) is 0 Å². The summed E-state index contributed by atoms with van der Waals surface area (Å²) >= 11 is 0. The van der Waals surface area contributed by atoms with Crippen LogP contribution in [0, 0.1) is 0 Å². The Morgan fingerprint density at radius 1 is 0.349 bits per heavy atom. The molecule has 0 fully saturated rings. The lowest BCUT2D eigenvalue weighted by molar-refractivity contribution is 0.652. The summed E-state index contributed by atoms with van der Waals surface area (Å²) in [5.41, 5.74) is 17.1. The third-order valence-corrected chi connectivity index (χ3v) is 9.87. The van der Waals surface area contributed by atoms with Crippen LogP contribution in [0.3, 0.4) is 0 Å². The fourth-order valence-corrected chi connectivity index (χ4v) is 7.51. The molecule has 1 nitrogen and oxygen atoms in total. The molecule has 1 heteroatoms. The molecule has 43 heavy (non-hydrogen) atoms. The molecule has 8 rings (SSSR count). The highest BCUT2D eigenvalue weighted by Crippen LogP contribution is 2.56. The quantitative estimate of drug-likeness (QED) is 0.210. The van der Waals surface area contributed by atoms with Crippen molar-refractivity contribution in [3.63, 3.8) is 0 Å². The second-order valence-corrected chi connectivity index (χ2v) is 13.1. The number of fused-ring (bicyclic) bond motifs is 6. The van der Waals surface area contributed by atoms with Crippen LogP contribution < -0.4 is 4.90 Å². The Bertz CT molecular complexity index is 1960. The van der Waals surface area contributed by atoms with Gasteiger partial charge in [-0.2, -0.15) is 0 Å². The van der Waals surface area contributed by atoms with Crippen molar-refractivity contribution in [1.82, 2.24) is 0 Å². The Labute approximate surface area is 255 Å². The molecule has 6 aromatic rings. The van der Waals surface area contributed by atoms with Crippen molar-refractivity contribution >= 4 is 17.1 Å². The number of hydrogen-bond donors (Lipinski definition) is 0. The molecule has 6 aromatic carbocycles. The van der Waals surface area contributed by atoms with Gasteiger partial charge in [0.1, 0.15) is 0 Å². The fraction of sp³-hybridized carbons (Fsp3) is 0.143. The third kappa shape index (κ3) is 3.85. The molecule has 0 atom stereocenters. The van der Waals surface area contributed by atoms with Crippen molar-refractivity contribution in [2.75, 3.05) is 4.90 Å². The topological polar surface area (TPSA) is 3.24 Å². The van der Waals surface area contributed by atoms with Crippen LogP contribution in [0.15, 0.2) is 140 Å². The molecule has 2 aliphatic rings. The number of rotatable bonds is 4. The number of anilines is 3. The average Bonchev–Trinajstić information content (AvgIpc) is 3.41. The van der Waals surface area contributed by atoms with Gasteiger partial charge in [0, 0.05) is 27.9 Å². The minimum absolute atomic E-state index is 0.00290. The summed E-state index contributed by atoms with van der Waals surface area (Å²) < 4.78 is 0. The first-order chi connectivity index (χ1) is 20.8. The summed E-state index contributed by atoms with van der Waals surface area (Å²) in [5.74, 6) is 0. The minimum Gasteiger partial charge on any atom is -0.311 e. The van der Waals surface area contributed by atoms with Gasteiger partial charge in [-0.25, -0.2) is 0 Å². The van der Waals surface area contributed by atoms with Crippen molar-refractivity contribution in [2.45, 2.75) is 38.5 Å². The average molecular weight is 554 g/mol. The third-order valence-electron chi connectivity index (χ3n) is 9.87. The van der Waals surface area contributed by atoms with Crippen molar-refractivity contribution in [2.24, 2.45) is 0 Å². The smallest absolute Gasteiger partial charge is 0.0462 e. The van der Waals surface area contributed by atoms with Crippen LogP contribution in [0.1, 0.15) is 49.9 Å². The fourth-order valence-electron chi connectivity index (χ4n) is 7.51. The zero-order chi connectivity index (χ0) is 29.3. The summed E-state index contributed by atoms with van der Waals surface area (Å²) in [6.45, 7) is 9.52. The second-order valence-electron chi connectivity index (χ2n) is 13.1. The second kappa shape index (κ2) is 9.31. The predicted octanol–water partition coefficient (Wildman–Crippen LogP) is 11.4. The molecule has 0 aromatic heterocycles. The van der Waals surface area contributed by atoms with Crippen LogP contribution in [0.2, 0.25) is 0 Å². The maximum absolute atomic E-state index is 2.49. The van der Waals surface area contributed by atoms with Crippen LogP contribution >= 0.6 is 0 Å². The zero-order valence-corrected chi connectivity index (χ0v) is 25.2. The summed E-state index contributed by atoms with van der Waals surface area (Å²) in [6.07, 6.45) is 0. The van der Waals surface area contributed by atoms with Crippen LogP contribution in [-0.2, 0) is 10.8 Å². The lowest BCUT2D eigenvalue weighted by Gasteiger charge is -2.25. The van der Waals surface area contributed by atoms with Gasteiger partial charge in [0.25, 0.3) is 0 Å². The minimum atomic E-state index is -0.0747. The van der Waals surface area contributed by atoms with Gasteiger partial charge in [-0.1, -0.05) is 113 Å². The molecular weight excluding hydrogens is 518 g/mol. The lowest BCUT2D eigenvalue weighted by Crippen LogP contribution is -2.17. The highest BCUT2D eigenvalue weighted by atomic mass is 15.1. The first-order valence-corrected chi connectivity index (χ1v) is 15.3. The van der Waals surface area contributed by atoms with Gasteiger partial charge in [0.05, 0.1) is 0 Å². The molecule has 0 bridgehead atoms. The summed E-state index contributed by atoms with van der Waals surface area (Å²) in [5, 5.41) is 0. The molecule has 0 N–H and O–H groups in total. The van der Waals surface area contributed by atoms with E-state index >= 15 is 0 Å². The van der Waals surface area contributed by atoms with Gasteiger partial charge in [-0.05, 0) is 110 Å². The van der Waals surface area contributed by atoms with Crippen LogP contribution in [0.5, 0.6) is 0 Å². The van der Waals surface area contributed by atoms with E-state index in [4.69, 9.17) is 0 Å². The van der Waals surface area contributed by atoms with Crippen LogP contribution in [0.25, 0.3) is 33.4 Å². The van der Waals surface area contributed by atoms with E-state index in [1.165, 1.54) is 55.6 Å². The SMILES string of the molecule is CC1(C)c2ccccc2-c2cc3c(cc21)-c1ccc(-c2ccc(N(c4ccccc4)c4ccccc4)cc2)cc1C3(C)C. The Kier molecular flexibility index (Phi) is 5.59. The predicted molar refractivity (Wildman–Crippen MR) is 182 cm³/mol. The van der Waals surface area contributed by atoms with Crippen molar-refractivity contribution in [1.29, 1.82) is 0 Å². The molecular formula is C42H35N. The van der Waals surface area contributed by atoms with Gasteiger partial charge in [0.15, 0.2) is 0 Å². The normalized spacial score (nSPS) is 14.9. The monoisotopic (exact) mass is 553 g/mol. The first-order valence-electron chi connectivity index (χ1n) is 15.3. The number of para-hydroxylation sites is 2. The van der Waals surface area contributed by atoms with Gasteiger partial charge >= 0.3 is 0 Å². The Morgan fingerprint density at radius 2 is 0.791 bits per heavy atom. The summed E-state index contributed by atoms with van der Waals surface area (Å²) in [4.78, 5) is 2.31. The van der Waals surface area contributed by atoms with E-state index in [0.29, 0.717) is 0 Å². The number of hydrogen-bond acceptors (Lipinski definition) is 1. The maximum Gasteiger partial charge on any atom is 0.0462 e. The van der Waals surface area contributed by atoms with Crippen LogP contribution in [-0.4, -0.2) is 0 Å². The molecule has 0 heterocycles.